The van der Waals surface area contributed by atoms with Crippen molar-refractivity contribution in [1.82, 2.24) is 4.90 Å². The van der Waals surface area contributed by atoms with Crippen LogP contribution in [0, 0.1) is 19.8 Å². The molecule has 2 aromatic rings. The first-order valence-corrected chi connectivity index (χ1v) is 13.2. The molecule has 1 N–H and O–H groups in total. The second-order valence-corrected chi connectivity index (χ2v) is 10.5. The molecule has 1 amide bonds. The van der Waals surface area contributed by atoms with Crippen molar-refractivity contribution in [2.24, 2.45) is 5.92 Å². The summed E-state index contributed by atoms with van der Waals surface area (Å²) in [7, 11) is 0. The Morgan fingerprint density at radius 2 is 1.81 bits per heavy atom. The summed E-state index contributed by atoms with van der Waals surface area (Å²) < 4.78 is 11.2. The summed E-state index contributed by atoms with van der Waals surface area (Å²) in [6, 6.07) is 12.3. The number of benzene rings is 2. The summed E-state index contributed by atoms with van der Waals surface area (Å²) in [5.41, 5.74) is 3.02. The maximum Gasteiger partial charge on any atom is 0.295 e. The lowest BCUT2D eigenvalue weighted by molar-refractivity contribution is -0.908. The standard InChI is InChI=1S/C30H38N2O5/c1-20(2)19-37-24-10-11-25(22(4)18-24)28(33)26-27(23-8-6-21(3)7-9-23)32(30(35)29(26)34)13-5-12-31-14-16-36-17-15-31/h6-11,18,20,27,33H,5,12-17,19H2,1-4H3. The molecule has 0 bridgehead atoms. The number of Topliss-reactive ketones (excluding diaryl/α,β-unsaturated/α-hetero) is 1. The molecule has 1 atom stereocenters. The molecule has 2 fully saturated rings. The Bertz CT molecular complexity index is 1150. The van der Waals surface area contributed by atoms with Crippen molar-refractivity contribution in [2.75, 3.05) is 46.0 Å². The van der Waals surface area contributed by atoms with Gasteiger partial charge in [0.25, 0.3) is 5.91 Å². The van der Waals surface area contributed by atoms with E-state index in [0.717, 1.165) is 56.0 Å². The van der Waals surface area contributed by atoms with Crippen LogP contribution in [-0.2, 0) is 14.3 Å². The molecule has 2 saturated heterocycles. The molecule has 0 aliphatic carbocycles. The van der Waals surface area contributed by atoms with E-state index in [2.05, 4.69) is 13.8 Å². The van der Waals surface area contributed by atoms with Crippen molar-refractivity contribution in [3.05, 3.63) is 70.3 Å². The molecule has 2 aliphatic rings. The first-order chi connectivity index (χ1) is 17.8. The van der Waals surface area contributed by atoms with Gasteiger partial charge in [0, 0.05) is 18.5 Å². The van der Waals surface area contributed by atoms with Gasteiger partial charge in [-0.1, -0.05) is 55.5 Å². The highest BCUT2D eigenvalue weighted by atomic mass is 16.5. The monoisotopic (exact) mass is 506 g/mol. The zero-order chi connectivity index (χ0) is 26.5. The van der Waals surface area contributed by atoms with E-state index in [-0.39, 0.29) is 5.57 Å². The highest BCUT2D eigenvalue weighted by Crippen LogP contribution is 2.39. The Kier molecular flexibility index (Phi) is 8.67. The van der Waals surface area contributed by atoms with Crippen LogP contribution < -0.4 is 14.7 Å². The van der Waals surface area contributed by atoms with Crippen LogP contribution in [0.1, 0.15) is 48.6 Å². The third-order valence-corrected chi connectivity index (χ3v) is 7.08. The van der Waals surface area contributed by atoms with Crippen molar-refractivity contribution in [3.63, 3.8) is 0 Å². The summed E-state index contributed by atoms with van der Waals surface area (Å²) in [6.07, 6.45) is 0.749. The Balaban J connectivity index is 1.65. The first kappa shape index (κ1) is 26.9. The average molecular weight is 507 g/mol. The molecule has 37 heavy (non-hydrogen) atoms. The van der Waals surface area contributed by atoms with Gasteiger partial charge in [0.1, 0.15) is 18.8 Å². The minimum Gasteiger partial charge on any atom is -0.872 e. The maximum absolute atomic E-state index is 13.8. The number of rotatable bonds is 9. The van der Waals surface area contributed by atoms with E-state index < -0.39 is 23.5 Å². The van der Waals surface area contributed by atoms with Crippen molar-refractivity contribution in [3.8, 4) is 5.75 Å². The van der Waals surface area contributed by atoms with Crippen LogP contribution in [-0.4, -0.2) is 62.6 Å². The molecule has 0 spiro atoms. The fourth-order valence-corrected chi connectivity index (χ4v) is 4.99. The Morgan fingerprint density at radius 1 is 1.11 bits per heavy atom. The lowest BCUT2D eigenvalue weighted by Crippen LogP contribution is -3.14. The molecule has 7 heteroatoms. The van der Waals surface area contributed by atoms with Crippen LogP contribution in [0.5, 0.6) is 5.75 Å². The number of nitrogens with one attached hydrogen (secondary N) is 1. The quantitative estimate of drug-likeness (QED) is 0.319. The third kappa shape index (κ3) is 6.22. The molecule has 2 aliphatic heterocycles. The summed E-state index contributed by atoms with van der Waals surface area (Å²) in [5.74, 6) is -0.623. The smallest absolute Gasteiger partial charge is 0.295 e. The second kappa shape index (κ2) is 11.9. The van der Waals surface area contributed by atoms with Gasteiger partial charge in [-0.3, -0.25) is 9.59 Å². The SMILES string of the molecule is Cc1ccc(C2C(=C([O-])c3ccc(OCC(C)C)cc3C)C(=O)C(=O)N2CCC[NH+]2CCOCC2)cc1. The van der Waals surface area contributed by atoms with Crippen molar-refractivity contribution >= 4 is 17.4 Å². The number of quaternary nitrogens is 1. The van der Waals surface area contributed by atoms with Crippen molar-refractivity contribution in [2.45, 2.75) is 40.2 Å². The number of carbonyl (C=O) groups excluding carboxylic acids is 2. The highest BCUT2D eigenvalue weighted by molar-refractivity contribution is 6.46. The zero-order valence-electron chi connectivity index (χ0n) is 22.3. The molecular weight excluding hydrogens is 468 g/mol. The number of nitrogens with zero attached hydrogens (tertiary/aromatic N) is 1. The minimum absolute atomic E-state index is 0.0338. The minimum atomic E-state index is -0.700. The fraction of sp³-hybridized carbons (Fsp3) is 0.467. The van der Waals surface area contributed by atoms with Gasteiger partial charge in [0.15, 0.2) is 0 Å². The van der Waals surface area contributed by atoms with Gasteiger partial charge in [0.05, 0.1) is 32.4 Å². The van der Waals surface area contributed by atoms with E-state index in [0.29, 0.717) is 30.4 Å². The number of aryl methyl sites for hydroxylation is 2. The maximum atomic E-state index is 13.8. The van der Waals surface area contributed by atoms with E-state index >= 15 is 0 Å². The van der Waals surface area contributed by atoms with Crippen molar-refractivity contribution < 1.29 is 29.1 Å². The Hall–Kier alpha value is -3.16. The summed E-state index contributed by atoms with van der Waals surface area (Å²) in [4.78, 5) is 29.6. The van der Waals surface area contributed by atoms with Gasteiger partial charge in [0.2, 0.25) is 5.78 Å². The largest absolute Gasteiger partial charge is 0.872 e. The van der Waals surface area contributed by atoms with Gasteiger partial charge in [-0.15, -0.1) is 0 Å². The predicted octanol–water partition coefficient (Wildman–Crippen LogP) is 1.87. The number of morpholine rings is 1. The van der Waals surface area contributed by atoms with Gasteiger partial charge in [-0.2, -0.15) is 0 Å². The van der Waals surface area contributed by atoms with E-state index in [1.165, 1.54) is 4.90 Å². The van der Waals surface area contributed by atoms with Gasteiger partial charge < -0.3 is 24.4 Å². The van der Waals surface area contributed by atoms with Crippen LogP contribution in [0.3, 0.4) is 0 Å². The second-order valence-electron chi connectivity index (χ2n) is 10.5. The van der Waals surface area contributed by atoms with Gasteiger partial charge in [-0.25, -0.2) is 0 Å². The van der Waals surface area contributed by atoms with E-state index in [9.17, 15) is 14.7 Å². The Labute approximate surface area is 219 Å². The summed E-state index contributed by atoms with van der Waals surface area (Å²) in [5, 5.41) is 13.8. The number of ketones is 1. The molecular formula is C30H38N2O5. The number of hydrogen-bond donors (Lipinski definition) is 1. The summed E-state index contributed by atoms with van der Waals surface area (Å²) in [6.45, 7) is 13.2. The molecule has 2 aromatic carbocycles. The molecule has 0 aromatic heterocycles. The highest BCUT2D eigenvalue weighted by Gasteiger charge is 2.44. The van der Waals surface area contributed by atoms with E-state index in [1.807, 2.05) is 44.2 Å². The summed E-state index contributed by atoms with van der Waals surface area (Å²) >= 11 is 0. The van der Waals surface area contributed by atoms with Crippen LogP contribution >= 0.6 is 0 Å². The Morgan fingerprint density at radius 3 is 2.46 bits per heavy atom. The molecule has 7 nitrogen and oxygen atoms in total. The number of hydrogen-bond acceptors (Lipinski definition) is 5. The van der Waals surface area contributed by atoms with E-state index in [4.69, 9.17) is 9.47 Å². The molecule has 0 saturated carbocycles. The van der Waals surface area contributed by atoms with Crippen LogP contribution in [0.4, 0.5) is 0 Å². The normalized spacial score (nSPS) is 20.1. The number of amides is 1. The number of likely N-dealkylation sites (tertiary alicyclic amines) is 1. The average Bonchev–Trinajstić information content (AvgIpc) is 3.13. The fourth-order valence-electron chi connectivity index (χ4n) is 4.99. The molecule has 4 rings (SSSR count). The molecule has 2 heterocycles. The third-order valence-electron chi connectivity index (χ3n) is 7.08. The van der Waals surface area contributed by atoms with Crippen LogP contribution in [0.2, 0.25) is 0 Å². The number of ether oxygens (including phenoxy) is 2. The lowest BCUT2D eigenvalue weighted by Gasteiger charge is -2.29. The first-order valence-electron chi connectivity index (χ1n) is 13.2. The van der Waals surface area contributed by atoms with Gasteiger partial charge in [-0.05, 0) is 48.6 Å². The predicted molar refractivity (Wildman–Crippen MR) is 140 cm³/mol. The topological polar surface area (TPSA) is 83.3 Å². The zero-order valence-corrected chi connectivity index (χ0v) is 22.3. The van der Waals surface area contributed by atoms with Crippen LogP contribution in [0.25, 0.3) is 5.76 Å². The van der Waals surface area contributed by atoms with Gasteiger partial charge >= 0.3 is 0 Å². The van der Waals surface area contributed by atoms with E-state index in [1.54, 1.807) is 17.0 Å². The lowest BCUT2D eigenvalue weighted by atomic mass is 9.93. The van der Waals surface area contributed by atoms with Crippen LogP contribution in [0.15, 0.2) is 48.0 Å². The number of carbonyl (C=O) groups is 2. The molecule has 198 valence electrons. The van der Waals surface area contributed by atoms with Crippen molar-refractivity contribution in [1.29, 1.82) is 0 Å². The molecule has 1 unspecified atom stereocenters. The molecule has 0 radical (unpaired) electrons.